The summed E-state index contributed by atoms with van der Waals surface area (Å²) in [7, 11) is 0. The van der Waals surface area contributed by atoms with Crippen molar-refractivity contribution in [2.75, 3.05) is 18.0 Å². The van der Waals surface area contributed by atoms with Crippen LogP contribution in [0.1, 0.15) is 42.3 Å². The van der Waals surface area contributed by atoms with Crippen molar-refractivity contribution >= 4 is 34.4 Å². The molecule has 0 aromatic carbocycles. The fourth-order valence-electron chi connectivity index (χ4n) is 2.28. The molecule has 1 atom stereocenters. The van der Waals surface area contributed by atoms with Crippen LogP contribution in [-0.4, -0.2) is 24.4 Å². The quantitative estimate of drug-likeness (QED) is 0.788. The minimum Gasteiger partial charge on any atom is -0.348 e. The van der Waals surface area contributed by atoms with E-state index >= 15 is 0 Å². The molecule has 0 bridgehead atoms. The molecule has 2 heterocycles. The van der Waals surface area contributed by atoms with Crippen LogP contribution in [0.25, 0.3) is 0 Å². The summed E-state index contributed by atoms with van der Waals surface area (Å²) in [5.74, 6) is 0.834. The standard InChI is InChI=1S/C12H17ClN2OS/c1-2-9-4-3-6-15(7-5-9)12-14-11(13)10(8-16)17-12/h8-9H,2-7H2,1H3. The number of thiazole rings is 1. The molecule has 0 spiro atoms. The van der Waals surface area contributed by atoms with Gasteiger partial charge in [0, 0.05) is 13.1 Å². The number of nitrogens with zero attached hydrogens (tertiary/aromatic N) is 2. The van der Waals surface area contributed by atoms with Crippen LogP contribution < -0.4 is 4.90 Å². The predicted molar refractivity (Wildman–Crippen MR) is 72.4 cm³/mol. The van der Waals surface area contributed by atoms with E-state index in [4.69, 9.17) is 11.6 Å². The molecule has 0 saturated carbocycles. The zero-order chi connectivity index (χ0) is 12.3. The number of halogens is 1. The van der Waals surface area contributed by atoms with Crippen molar-refractivity contribution in [2.45, 2.75) is 32.6 Å². The highest BCUT2D eigenvalue weighted by Crippen LogP contribution is 2.31. The number of carbonyl (C=O) groups is 1. The van der Waals surface area contributed by atoms with E-state index in [1.54, 1.807) is 0 Å². The monoisotopic (exact) mass is 272 g/mol. The second kappa shape index (κ2) is 5.83. The molecule has 1 aliphatic rings. The van der Waals surface area contributed by atoms with Crippen molar-refractivity contribution in [2.24, 2.45) is 5.92 Å². The molecule has 0 aliphatic carbocycles. The molecular formula is C12H17ClN2OS. The van der Waals surface area contributed by atoms with Crippen LogP contribution in [0.2, 0.25) is 5.15 Å². The van der Waals surface area contributed by atoms with E-state index in [1.807, 2.05) is 0 Å². The van der Waals surface area contributed by atoms with Gasteiger partial charge in [0.2, 0.25) is 0 Å². The highest BCUT2D eigenvalue weighted by Gasteiger charge is 2.19. The lowest BCUT2D eigenvalue weighted by Gasteiger charge is -2.19. The van der Waals surface area contributed by atoms with Crippen LogP contribution in [0.15, 0.2) is 0 Å². The molecule has 1 aromatic heterocycles. The molecule has 0 N–H and O–H groups in total. The maximum absolute atomic E-state index is 10.8. The van der Waals surface area contributed by atoms with E-state index in [0.717, 1.165) is 30.4 Å². The summed E-state index contributed by atoms with van der Waals surface area (Å²) >= 11 is 7.30. The molecule has 2 rings (SSSR count). The Morgan fingerprint density at radius 1 is 1.53 bits per heavy atom. The average Bonchev–Trinajstić information content (AvgIpc) is 2.58. The Hall–Kier alpha value is -0.610. The highest BCUT2D eigenvalue weighted by atomic mass is 35.5. The van der Waals surface area contributed by atoms with Crippen LogP contribution in [0.5, 0.6) is 0 Å². The van der Waals surface area contributed by atoms with Gasteiger partial charge in [-0.25, -0.2) is 4.98 Å². The third kappa shape index (κ3) is 2.99. The Morgan fingerprint density at radius 2 is 2.35 bits per heavy atom. The van der Waals surface area contributed by atoms with Gasteiger partial charge in [0.15, 0.2) is 16.6 Å². The topological polar surface area (TPSA) is 33.2 Å². The van der Waals surface area contributed by atoms with Gasteiger partial charge in [0.25, 0.3) is 0 Å². The molecular weight excluding hydrogens is 256 g/mol. The molecule has 1 saturated heterocycles. The number of aromatic nitrogens is 1. The SMILES string of the molecule is CCC1CCCN(c2nc(Cl)c(C=O)s2)CC1. The minimum atomic E-state index is 0.344. The predicted octanol–water partition coefficient (Wildman–Crippen LogP) is 3.63. The molecule has 5 heteroatoms. The summed E-state index contributed by atoms with van der Waals surface area (Å²) in [5.41, 5.74) is 0. The van der Waals surface area contributed by atoms with Crippen LogP contribution in [0.3, 0.4) is 0 Å². The van der Waals surface area contributed by atoms with Gasteiger partial charge in [-0.15, -0.1) is 0 Å². The van der Waals surface area contributed by atoms with Gasteiger partial charge in [-0.05, 0) is 25.2 Å². The van der Waals surface area contributed by atoms with Crippen LogP contribution in [0, 0.1) is 5.92 Å². The fraction of sp³-hybridized carbons (Fsp3) is 0.667. The van der Waals surface area contributed by atoms with Crippen molar-refractivity contribution in [1.29, 1.82) is 0 Å². The first-order valence-corrected chi connectivity index (χ1v) is 7.30. The first-order valence-electron chi connectivity index (χ1n) is 6.11. The third-order valence-electron chi connectivity index (χ3n) is 3.40. The summed E-state index contributed by atoms with van der Waals surface area (Å²) in [6.07, 6.45) is 5.76. The van der Waals surface area contributed by atoms with Gasteiger partial charge >= 0.3 is 0 Å². The lowest BCUT2D eigenvalue weighted by Crippen LogP contribution is -2.23. The smallest absolute Gasteiger partial charge is 0.187 e. The molecule has 3 nitrogen and oxygen atoms in total. The molecule has 0 radical (unpaired) electrons. The van der Waals surface area contributed by atoms with Gasteiger partial charge in [0.1, 0.15) is 4.88 Å². The van der Waals surface area contributed by atoms with Crippen molar-refractivity contribution < 1.29 is 4.79 Å². The van der Waals surface area contributed by atoms with Crippen molar-refractivity contribution in [3.05, 3.63) is 10.0 Å². The number of rotatable bonds is 3. The largest absolute Gasteiger partial charge is 0.348 e. The summed E-state index contributed by atoms with van der Waals surface area (Å²) in [6.45, 7) is 4.31. The Morgan fingerprint density at radius 3 is 3.00 bits per heavy atom. The van der Waals surface area contributed by atoms with Crippen LogP contribution >= 0.6 is 22.9 Å². The Labute approximate surface area is 111 Å². The molecule has 0 amide bonds. The van der Waals surface area contributed by atoms with E-state index in [9.17, 15) is 4.79 Å². The summed E-state index contributed by atoms with van der Waals surface area (Å²) in [5, 5.41) is 1.24. The number of carbonyl (C=O) groups excluding carboxylic acids is 1. The number of aldehydes is 1. The van der Waals surface area contributed by atoms with Crippen LogP contribution in [0.4, 0.5) is 5.13 Å². The Balaban J connectivity index is 2.08. The summed E-state index contributed by atoms with van der Waals surface area (Å²) in [6, 6.07) is 0. The molecule has 94 valence electrons. The van der Waals surface area contributed by atoms with E-state index in [-0.39, 0.29) is 0 Å². The second-order valence-corrected chi connectivity index (χ2v) is 5.83. The van der Waals surface area contributed by atoms with Crippen molar-refractivity contribution in [3.8, 4) is 0 Å². The molecule has 1 unspecified atom stereocenters. The number of anilines is 1. The van der Waals surface area contributed by atoms with E-state index in [2.05, 4.69) is 16.8 Å². The lowest BCUT2D eigenvalue weighted by atomic mass is 9.98. The summed E-state index contributed by atoms with van der Waals surface area (Å²) in [4.78, 5) is 17.8. The van der Waals surface area contributed by atoms with Gasteiger partial charge in [-0.2, -0.15) is 0 Å². The normalized spacial score (nSPS) is 21.3. The van der Waals surface area contributed by atoms with E-state index < -0.39 is 0 Å². The van der Waals surface area contributed by atoms with Gasteiger partial charge in [0.05, 0.1) is 0 Å². The van der Waals surface area contributed by atoms with E-state index in [1.165, 1.54) is 37.0 Å². The van der Waals surface area contributed by atoms with E-state index in [0.29, 0.717) is 10.0 Å². The highest BCUT2D eigenvalue weighted by molar-refractivity contribution is 7.17. The summed E-state index contributed by atoms with van der Waals surface area (Å²) < 4.78 is 0. The van der Waals surface area contributed by atoms with Crippen molar-refractivity contribution in [1.82, 2.24) is 4.98 Å². The third-order valence-corrected chi connectivity index (χ3v) is 4.84. The molecule has 1 aliphatic heterocycles. The zero-order valence-electron chi connectivity index (χ0n) is 9.99. The Bertz CT molecular complexity index is 394. The van der Waals surface area contributed by atoms with Gasteiger partial charge in [-0.3, -0.25) is 4.79 Å². The van der Waals surface area contributed by atoms with Gasteiger partial charge in [-0.1, -0.05) is 36.3 Å². The maximum atomic E-state index is 10.8. The Kier molecular flexibility index (Phi) is 4.40. The van der Waals surface area contributed by atoms with Crippen LogP contribution in [-0.2, 0) is 0 Å². The molecule has 17 heavy (non-hydrogen) atoms. The zero-order valence-corrected chi connectivity index (χ0v) is 11.6. The minimum absolute atomic E-state index is 0.344. The molecule has 1 aromatic rings. The second-order valence-electron chi connectivity index (χ2n) is 4.46. The molecule has 1 fully saturated rings. The van der Waals surface area contributed by atoms with Gasteiger partial charge < -0.3 is 4.90 Å². The average molecular weight is 273 g/mol. The lowest BCUT2D eigenvalue weighted by molar-refractivity contribution is 0.112. The maximum Gasteiger partial charge on any atom is 0.187 e. The number of hydrogen-bond acceptors (Lipinski definition) is 4. The number of hydrogen-bond donors (Lipinski definition) is 0. The fourth-order valence-corrected chi connectivity index (χ4v) is 3.39. The first-order chi connectivity index (χ1) is 8.24. The first kappa shape index (κ1) is 12.8. The van der Waals surface area contributed by atoms with Crippen molar-refractivity contribution in [3.63, 3.8) is 0 Å².